The Morgan fingerprint density at radius 2 is 1.36 bits per heavy atom. The van der Waals surface area contributed by atoms with E-state index in [0.717, 1.165) is 0 Å². The first kappa shape index (κ1) is 19.1. The molecule has 2 bridgehead atoms. The summed E-state index contributed by atoms with van der Waals surface area (Å²) in [5.41, 5.74) is 1.28. The predicted molar refractivity (Wildman–Crippen MR) is 95.4 cm³/mol. The van der Waals surface area contributed by atoms with E-state index in [4.69, 9.17) is 18.9 Å². The summed E-state index contributed by atoms with van der Waals surface area (Å²) in [4.78, 5) is 0. The number of ether oxygens (including phenoxy) is 4. The number of aliphatic hydroxyl groups excluding tert-OH is 2. The molecule has 2 unspecified atom stereocenters. The Kier molecular flexibility index (Phi) is 5.49. The SMILES string of the molecule is OC[C@H]1OC(c2ccc(O)cc2)O[C@H]2COC(c3ccc(O)cc3)O[C@@H]1[C@H]2O. The molecule has 2 aliphatic rings. The fraction of sp³-hybridized carbons (Fsp3) is 0.400. The molecule has 0 aromatic heterocycles. The number of benzene rings is 2. The molecule has 0 radical (unpaired) electrons. The number of hydrogen-bond donors (Lipinski definition) is 4. The summed E-state index contributed by atoms with van der Waals surface area (Å²) >= 11 is 0. The summed E-state index contributed by atoms with van der Waals surface area (Å²) in [5.74, 6) is 0.222. The summed E-state index contributed by atoms with van der Waals surface area (Å²) < 4.78 is 23.6. The van der Waals surface area contributed by atoms with Crippen LogP contribution in [-0.2, 0) is 18.9 Å². The number of aromatic hydroxyl groups is 2. The molecule has 28 heavy (non-hydrogen) atoms. The zero-order valence-electron chi connectivity index (χ0n) is 14.9. The molecule has 4 rings (SSSR count). The van der Waals surface area contributed by atoms with E-state index in [-0.39, 0.29) is 18.1 Å². The van der Waals surface area contributed by atoms with Gasteiger partial charge in [-0.15, -0.1) is 0 Å². The maximum absolute atomic E-state index is 10.8. The Balaban J connectivity index is 1.59. The van der Waals surface area contributed by atoms with Gasteiger partial charge in [0.15, 0.2) is 12.6 Å². The molecule has 8 heteroatoms. The van der Waals surface area contributed by atoms with Crippen LogP contribution in [-0.4, -0.2) is 58.1 Å². The molecule has 4 N–H and O–H groups in total. The lowest BCUT2D eigenvalue weighted by molar-refractivity contribution is -0.249. The molecular formula is C20H22O8. The first-order chi connectivity index (χ1) is 13.5. The third-order valence-corrected chi connectivity index (χ3v) is 4.88. The van der Waals surface area contributed by atoms with Crippen LogP contribution in [0.3, 0.4) is 0 Å². The van der Waals surface area contributed by atoms with E-state index in [1.165, 1.54) is 24.3 Å². The van der Waals surface area contributed by atoms with Crippen molar-refractivity contribution in [1.29, 1.82) is 0 Å². The van der Waals surface area contributed by atoms with Crippen LogP contribution in [0.25, 0.3) is 0 Å². The van der Waals surface area contributed by atoms with E-state index in [2.05, 4.69) is 0 Å². The van der Waals surface area contributed by atoms with Gasteiger partial charge in [0.2, 0.25) is 0 Å². The number of hydrogen-bond acceptors (Lipinski definition) is 8. The van der Waals surface area contributed by atoms with Crippen molar-refractivity contribution in [1.82, 2.24) is 0 Å². The second-order valence-electron chi connectivity index (χ2n) is 6.80. The quantitative estimate of drug-likeness (QED) is 0.620. The van der Waals surface area contributed by atoms with Crippen molar-refractivity contribution in [2.75, 3.05) is 13.2 Å². The van der Waals surface area contributed by atoms with Gasteiger partial charge in [-0.3, -0.25) is 0 Å². The van der Waals surface area contributed by atoms with E-state index < -0.39 is 43.6 Å². The zero-order chi connectivity index (χ0) is 19.7. The summed E-state index contributed by atoms with van der Waals surface area (Å²) in [6.45, 7) is -0.353. The standard InChI is InChI=1S/C20H22O8/c21-9-15-18-17(24)16(27-20(26-15)12-3-7-14(23)8-4-12)10-25-19(28-18)11-1-5-13(22)6-2-11/h1-8,15-24H,9-10H2/t15-,16+,17+,18+,19?,20?/m1/s1. The van der Waals surface area contributed by atoms with Crippen molar-refractivity contribution in [2.24, 2.45) is 0 Å². The Labute approximate surface area is 161 Å². The molecule has 2 aromatic rings. The van der Waals surface area contributed by atoms with Crippen molar-refractivity contribution < 1.29 is 39.4 Å². The summed E-state index contributed by atoms with van der Waals surface area (Å²) in [6.07, 6.45) is -5.25. The molecule has 0 spiro atoms. The van der Waals surface area contributed by atoms with Crippen LogP contribution in [0.1, 0.15) is 23.7 Å². The van der Waals surface area contributed by atoms with Crippen LogP contribution in [0.4, 0.5) is 0 Å². The van der Waals surface area contributed by atoms with Crippen LogP contribution in [0.15, 0.2) is 48.5 Å². The fourth-order valence-electron chi connectivity index (χ4n) is 3.35. The lowest BCUT2D eigenvalue weighted by Gasteiger charge is -2.29. The number of phenolic OH excluding ortho intramolecular Hbond substituents is 2. The Morgan fingerprint density at radius 3 is 1.93 bits per heavy atom. The minimum Gasteiger partial charge on any atom is -0.508 e. The van der Waals surface area contributed by atoms with Crippen LogP contribution in [0.5, 0.6) is 11.5 Å². The third-order valence-electron chi connectivity index (χ3n) is 4.88. The monoisotopic (exact) mass is 390 g/mol. The van der Waals surface area contributed by atoms with E-state index in [1.807, 2.05) is 0 Å². The topological polar surface area (TPSA) is 118 Å². The highest BCUT2D eigenvalue weighted by Gasteiger charge is 2.46. The molecule has 0 saturated carbocycles. The van der Waals surface area contributed by atoms with Crippen LogP contribution >= 0.6 is 0 Å². The lowest BCUT2D eigenvalue weighted by atomic mass is 10.0. The first-order valence-electron chi connectivity index (χ1n) is 9.00. The van der Waals surface area contributed by atoms with Crippen molar-refractivity contribution >= 4 is 0 Å². The Bertz CT molecular complexity index is 776. The fourth-order valence-corrected chi connectivity index (χ4v) is 3.35. The van der Waals surface area contributed by atoms with E-state index in [9.17, 15) is 20.4 Å². The van der Waals surface area contributed by atoms with Gasteiger partial charge in [0, 0.05) is 11.1 Å². The van der Waals surface area contributed by atoms with E-state index in [0.29, 0.717) is 11.1 Å². The van der Waals surface area contributed by atoms with Gasteiger partial charge in [-0.2, -0.15) is 0 Å². The molecule has 8 nitrogen and oxygen atoms in total. The van der Waals surface area contributed by atoms with Gasteiger partial charge in [0.05, 0.1) is 13.2 Å². The highest BCUT2D eigenvalue weighted by molar-refractivity contribution is 5.28. The molecule has 2 aromatic carbocycles. The van der Waals surface area contributed by atoms with Gasteiger partial charge in [0.25, 0.3) is 0 Å². The molecule has 2 heterocycles. The molecule has 2 fully saturated rings. The van der Waals surface area contributed by atoms with Gasteiger partial charge < -0.3 is 39.4 Å². The normalized spacial score (nSPS) is 33.1. The van der Waals surface area contributed by atoms with Gasteiger partial charge in [0.1, 0.15) is 35.9 Å². The van der Waals surface area contributed by atoms with Crippen molar-refractivity contribution in [3.05, 3.63) is 59.7 Å². The predicted octanol–water partition coefficient (Wildman–Crippen LogP) is 1.35. The highest BCUT2D eigenvalue weighted by atomic mass is 16.7. The zero-order valence-corrected chi connectivity index (χ0v) is 14.9. The number of phenols is 2. The maximum Gasteiger partial charge on any atom is 0.184 e. The van der Waals surface area contributed by atoms with E-state index >= 15 is 0 Å². The maximum atomic E-state index is 10.8. The molecular weight excluding hydrogens is 368 g/mol. The highest BCUT2D eigenvalue weighted by Crippen LogP contribution is 2.36. The van der Waals surface area contributed by atoms with Crippen LogP contribution < -0.4 is 0 Å². The second kappa shape index (κ2) is 8.04. The second-order valence-corrected chi connectivity index (χ2v) is 6.80. The Hall–Kier alpha value is -2.20. The van der Waals surface area contributed by atoms with Gasteiger partial charge in [-0.1, -0.05) is 24.3 Å². The lowest BCUT2D eigenvalue weighted by Crippen LogP contribution is -2.45. The summed E-state index contributed by atoms with van der Waals surface area (Å²) in [5, 5.41) is 39.6. The summed E-state index contributed by atoms with van der Waals surface area (Å²) in [7, 11) is 0. The molecule has 2 aliphatic heterocycles. The number of fused-ring (bicyclic) bond motifs is 2. The average Bonchev–Trinajstić information content (AvgIpc) is 2.94. The Morgan fingerprint density at radius 1 is 0.786 bits per heavy atom. The van der Waals surface area contributed by atoms with Crippen LogP contribution in [0, 0.1) is 0 Å². The smallest absolute Gasteiger partial charge is 0.184 e. The number of aliphatic hydroxyl groups is 2. The largest absolute Gasteiger partial charge is 0.508 e. The first-order valence-corrected chi connectivity index (χ1v) is 9.00. The van der Waals surface area contributed by atoms with Crippen molar-refractivity contribution in [3.63, 3.8) is 0 Å². The minimum atomic E-state index is -1.08. The van der Waals surface area contributed by atoms with Gasteiger partial charge in [-0.25, -0.2) is 0 Å². The van der Waals surface area contributed by atoms with Crippen molar-refractivity contribution in [2.45, 2.75) is 37.0 Å². The van der Waals surface area contributed by atoms with Gasteiger partial charge in [-0.05, 0) is 24.3 Å². The molecule has 150 valence electrons. The molecule has 6 atom stereocenters. The van der Waals surface area contributed by atoms with E-state index in [1.54, 1.807) is 24.3 Å². The average molecular weight is 390 g/mol. The third kappa shape index (κ3) is 3.83. The molecule has 2 saturated heterocycles. The molecule has 0 aliphatic carbocycles. The summed E-state index contributed by atoms with van der Waals surface area (Å²) in [6, 6.07) is 12.6. The van der Waals surface area contributed by atoms with Gasteiger partial charge >= 0.3 is 0 Å². The minimum absolute atomic E-state index is 0.0410. The van der Waals surface area contributed by atoms with Crippen LogP contribution in [0.2, 0.25) is 0 Å². The van der Waals surface area contributed by atoms with Crippen molar-refractivity contribution in [3.8, 4) is 11.5 Å². The number of rotatable bonds is 3. The molecule has 0 amide bonds.